The van der Waals surface area contributed by atoms with Crippen molar-refractivity contribution in [3.63, 3.8) is 0 Å². The molecule has 0 saturated carbocycles. The summed E-state index contributed by atoms with van der Waals surface area (Å²) in [7, 11) is 0. The van der Waals surface area contributed by atoms with Crippen molar-refractivity contribution in [1.82, 2.24) is 9.97 Å². The molecule has 1 aromatic heterocycles. The number of aromatic amines is 1. The van der Waals surface area contributed by atoms with Gasteiger partial charge in [0, 0.05) is 11.8 Å². The minimum absolute atomic E-state index is 0.0799. The van der Waals surface area contributed by atoms with Crippen LogP contribution in [0.3, 0.4) is 0 Å². The molecule has 1 aromatic carbocycles. The van der Waals surface area contributed by atoms with Gasteiger partial charge in [0.1, 0.15) is 5.82 Å². The first-order valence-electron chi connectivity index (χ1n) is 5.25. The van der Waals surface area contributed by atoms with E-state index in [0.29, 0.717) is 5.69 Å². The third-order valence-electron chi connectivity index (χ3n) is 2.24. The Morgan fingerprint density at radius 1 is 1.47 bits per heavy atom. The second kappa shape index (κ2) is 5.23. The highest BCUT2D eigenvalue weighted by Gasteiger charge is 2.16. The average Bonchev–Trinajstić information content (AvgIpc) is 2.30. The number of aromatic nitrogens is 2. The molecule has 0 radical (unpaired) electrons. The van der Waals surface area contributed by atoms with Crippen LogP contribution in [0.5, 0.6) is 0 Å². The number of carboxylic acids is 1. The first-order chi connectivity index (χ1) is 8.97. The van der Waals surface area contributed by atoms with Gasteiger partial charge in [-0.25, -0.2) is 14.2 Å². The van der Waals surface area contributed by atoms with Crippen LogP contribution in [0.2, 0.25) is 0 Å². The summed E-state index contributed by atoms with van der Waals surface area (Å²) >= 11 is 0.775. The standard InChI is InChI=1S/C12H9FN2O3S/c1-6-5-9(16)15-12(14-6)19-10-7(11(17)18)3-2-4-8(10)13/h2-5H,1H3,(H,17,18)(H,14,15,16). The lowest BCUT2D eigenvalue weighted by molar-refractivity contribution is 0.0692. The van der Waals surface area contributed by atoms with Gasteiger partial charge in [-0.2, -0.15) is 0 Å². The number of carboxylic acid groups (broad SMARTS) is 1. The summed E-state index contributed by atoms with van der Waals surface area (Å²) in [6, 6.07) is 5.06. The van der Waals surface area contributed by atoms with Crippen LogP contribution in [0.1, 0.15) is 16.1 Å². The Hall–Kier alpha value is -2.15. The lowest BCUT2D eigenvalue weighted by Gasteiger charge is -2.06. The molecule has 1 heterocycles. The number of hydrogen-bond donors (Lipinski definition) is 2. The van der Waals surface area contributed by atoms with E-state index in [4.69, 9.17) is 5.11 Å². The Balaban J connectivity index is 2.48. The van der Waals surface area contributed by atoms with E-state index in [0.717, 1.165) is 17.8 Å². The van der Waals surface area contributed by atoms with Crippen molar-refractivity contribution < 1.29 is 14.3 Å². The largest absolute Gasteiger partial charge is 0.478 e. The van der Waals surface area contributed by atoms with Gasteiger partial charge in [-0.05, 0) is 30.8 Å². The fourth-order valence-electron chi connectivity index (χ4n) is 1.48. The molecule has 0 saturated heterocycles. The molecule has 0 unspecified atom stereocenters. The van der Waals surface area contributed by atoms with Crippen LogP contribution in [0.25, 0.3) is 0 Å². The van der Waals surface area contributed by atoms with Crippen molar-refractivity contribution in [2.75, 3.05) is 0 Å². The highest BCUT2D eigenvalue weighted by molar-refractivity contribution is 7.99. The molecule has 0 fully saturated rings. The summed E-state index contributed by atoms with van der Waals surface area (Å²) in [5.41, 5.74) is -0.0724. The van der Waals surface area contributed by atoms with Gasteiger partial charge in [0.2, 0.25) is 0 Å². The zero-order valence-corrected chi connectivity index (χ0v) is 10.6. The van der Waals surface area contributed by atoms with Gasteiger partial charge in [-0.15, -0.1) is 0 Å². The SMILES string of the molecule is Cc1cc(=O)[nH]c(Sc2c(F)cccc2C(=O)O)n1. The maximum Gasteiger partial charge on any atom is 0.336 e. The molecule has 0 atom stereocenters. The smallest absolute Gasteiger partial charge is 0.336 e. The minimum atomic E-state index is -1.24. The minimum Gasteiger partial charge on any atom is -0.478 e. The van der Waals surface area contributed by atoms with Crippen molar-refractivity contribution in [3.8, 4) is 0 Å². The Morgan fingerprint density at radius 2 is 2.21 bits per heavy atom. The zero-order valence-electron chi connectivity index (χ0n) is 9.81. The molecule has 2 rings (SSSR count). The summed E-state index contributed by atoms with van der Waals surface area (Å²) < 4.78 is 13.7. The Bertz CT molecular complexity index is 700. The normalized spacial score (nSPS) is 10.4. The van der Waals surface area contributed by atoms with Crippen molar-refractivity contribution in [1.29, 1.82) is 0 Å². The second-order valence-corrected chi connectivity index (χ2v) is 4.71. The van der Waals surface area contributed by atoms with E-state index >= 15 is 0 Å². The average molecular weight is 280 g/mol. The van der Waals surface area contributed by atoms with Crippen LogP contribution in [0.4, 0.5) is 4.39 Å². The molecule has 0 aliphatic carbocycles. The summed E-state index contributed by atoms with van der Waals surface area (Å²) in [5, 5.41) is 9.16. The predicted molar refractivity (Wildman–Crippen MR) is 67.1 cm³/mol. The van der Waals surface area contributed by atoms with Gasteiger partial charge in [0.25, 0.3) is 5.56 Å². The van der Waals surface area contributed by atoms with E-state index in [9.17, 15) is 14.0 Å². The van der Waals surface area contributed by atoms with Crippen molar-refractivity contribution >= 4 is 17.7 Å². The molecule has 0 bridgehead atoms. The molecule has 98 valence electrons. The number of nitrogens with one attached hydrogen (secondary N) is 1. The number of H-pyrrole nitrogens is 1. The summed E-state index contributed by atoms with van der Waals surface area (Å²) in [6.45, 7) is 1.62. The number of aryl methyl sites for hydroxylation is 1. The van der Waals surface area contributed by atoms with Crippen molar-refractivity contribution in [2.24, 2.45) is 0 Å². The van der Waals surface area contributed by atoms with E-state index in [2.05, 4.69) is 9.97 Å². The summed E-state index contributed by atoms with van der Waals surface area (Å²) in [6.07, 6.45) is 0. The van der Waals surface area contributed by atoms with E-state index in [1.54, 1.807) is 6.92 Å². The van der Waals surface area contributed by atoms with Gasteiger partial charge in [0.05, 0.1) is 10.5 Å². The van der Waals surface area contributed by atoms with E-state index in [-0.39, 0.29) is 21.2 Å². The molecule has 2 N–H and O–H groups in total. The zero-order chi connectivity index (χ0) is 14.0. The third kappa shape index (κ3) is 3.00. The number of nitrogens with zero attached hydrogens (tertiary/aromatic N) is 1. The first-order valence-corrected chi connectivity index (χ1v) is 6.06. The number of carbonyl (C=O) groups is 1. The molecule has 0 amide bonds. The summed E-state index contributed by atoms with van der Waals surface area (Å²) in [5.74, 6) is -1.91. The van der Waals surface area contributed by atoms with Crippen LogP contribution in [-0.2, 0) is 0 Å². The van der Waals surface area contributed by atoms with Crippen molar-refractivity contribution in [3.05, 3.63) is 51.7 Å². The molecule has 7 heteroatoms. The molecular formula is C12H9FN2O3S. The molecule has 0 aliphatic rings. The summed E-state index contributed by atoms with van der Waals surface area (Å²) in [4.78, 5) is 28.7. The van der Waals surface area contributed by atoms with Crippen molar-refractivity contribution in [2.45, 2.75) is 17.0 Å². The van der Waals surface area contributed by atoms with Gasteiger partial charge in [-0.3, -0.25) is 4.79 Å². The van der Waals surface area contributed by atoms with Crippen LogP contribution >= 0.6 is 11.8 Å². The quantitative estimate of drug-likeness (QED) is 0.841. The van der Waals surface area contributed by atoms with E-state index in [1.807, 2.05) is 0 Å². The molecule has 5 nitrogen and oxygen atoms in total. The Morgan fingerprint density at radius 3 is 2.84 bits per heavy atom. The highest BCUT2D eigenvalue weighted by atomic mass is 32.2. The number of halogens is 1. The van der Waals surface area contributed by atoms with E-state index in [1.165, 1.54) is 18.2 Å². The number of benzene rings is 1. The molecular weight excluding hydrogens is 271 g/mol. The van der Waals surface area contributed by atoms with Crippen LogP contribution < -0.4 is 5.56 Å². The van der Waals surface area contributed by atoms with Crippen LogP contribution in [-0.4, -0.2) is 21.0 Å². The predicted octanol–water partition coefficient (Wildman–Crippen LogP) is 2.07. The number of hydrogen-bond acceptors (Lipinski definition) is 4. The van der Waals surface area contributed by atoms with Gasteiger partial charge in [0.15, 0.2) is 5.16 Å². The van der Waals surface area contributed by atoms with E-state index < -0.39 is 11.8 Å². The highest BCUT2D eigenvalue weighted by Crippen LogP contribution is 2.30. The Labute approximate surface area is 111 Å². The fourth-order valence-corrected chi connectivity index (χ4v) is 2.44. The second-order valence-electron chi connectivity index (χ2n) is 3.72. The fraction of sp³-hybridized carbons (Fsp3) is 0.0833. The lowest BCUT2D eigenvalue weighted by Crippen LogP contribution is -2.08. The first kappa shape index (κ1) is 13.3. The molecule has 19 heavy (non-hydrogen) atoms. The van der Waals surface area contributed by atoms with Crippen LogP contribution in [0, 0.1) is 12.7 Å². The number of rotatable bonds is 3. The monoisotopic (exact) mass is 280 g/mol. The lowest BCUT2D eigenvalue weighted by atomic mass is 10.2. The number of aromatic carboxylic acids is 1. The molecule has 0 spiro atoms. The van der Waals surface area contributed by atoms with Gasteiger partial charge < -0.3 is 10.1 Å². The maximum absolute atomic E-state index is 13.7. The van der Waals surface area contributed by atoms with Gasteiger partial charge in [-0.1, -0.05) is 6.07 Å². The Kier molecular flexibility index (Phi) is 3.66. The van der Waals surface area contributed by atoms with Gasteiger partial charge >= 0.3 is 5.97 Å². The maximum atomic E-state index is 13.7. The molecule has 2 aromatic rings. The third-order valence-corrected chi connectivity index (χ3v) is 3.25. The molecule has 0 aliphatic heterocycles. The topological polar surface area (TPSA) is 83.0 Å². The van der Waals surface area contributed by atoms with Crippen LogP contribution in [0.15, 0.2) is 39.1 Å².